The second-order valence-corrected chi connectivity index (χ2v) is 4.10. The van der Waals surface area contributed by atoms with Gasteiger partial charge >= 0.3 is 0 Å². The molecule has 4 heteroatoms. The van der Waals surface area contributed by atoms with Crippen molar-refractivity contribution in [1.82, 2.24) is 10.3 Å². The van der Waals surface area contributed by atoms with Crippen molar-refractivity contribution in [3.05, 3.63) is 59.7 Å². The van der Waals surface area contributed by atoms with Crippen molar-refractivity contribution in [3.8, 4) is 5.75 Å². The van der Waals surface area contributed by atoms with Crippen molar-refractivity contribution in [2.45, 2.75) is 13.0 Å². The molecule has 100 valence electrons. The molecule has 2 aromatic rings. The molecule has 0 fully saturated rings. The van der Waals surface area contributed by atoms with Crippen LogP contribution < -0.4 is 10.1 Å². The molecule has 1 atom stereocenters. The summed E-state index contributed by atoms with van der Waals surface area (Å²) in [5.41, 5.74) is 1.26. The fraction of sp³-hybridized carbons (Fsp3) is 0.267. The smallest absolute Gasteiger partial charge is 0.142 e. The monoisotopic (exact) mass is 260 g/mol. The minimum absolute atomic E-state index is 0.249. The number of pyridine rings is 1. The Balaban J connectivity index is 2.49. The first-order valence-corrected chi connectivity index (χ1v) is 6.24. The van der Waals surface area contributed by atoms with Crippen LogP contribution in [0.4, 0.5) is 4.39 Å². The number of methoxy groups -OCH3 is 1. The van der Waals surface area contributed by atoms with Gasteiger partial charge in [0.05, 0.1) is 13.2 Å². The summed E-state index contributed by atoms with van der Waals surface area (Å²) in [7, 11) is 1.59. The largest absolute Gasteiger partial charge is 0.495 e. The van der Waals surface area contributed by atoms with E-state index in [1.807, 2.05) is 19.1 Å². The molecule has 1 aromatic carbocycles. The number of hydrogen-bond donors (Lipinski definition) is 1. The Kier molecular flexibility index (Phi) is 4.47. The van der Waals surface area contributed by atoms with E-state index in [1.165, 1.54) is 6.07 Å². The summed E-state index contributed by atoms with van der Waals surface area (Å²) in [5.74, 6) is 0.401. The van der Waals surface area contributed by atoms with Crippen molar-refractivity contribution in [1.29, 1.82) is 0 Å². The lowest BCUT2D eigenvalue weighted by molar-refractivity contribution is 0.399. The zero-order valence-corrected chi connectivity index (χ0v) is 11.1. The van der Waals surface area contributed by atoms with E-state index in [0.717, 1.165) is 0 Å². The summed E-state index contributed by atoms with van der Waals surface area (Å²) in [4.78, 5) is 4.33. The summed E-state index contributed by atoms with van der Waals surface area (Å²) in [6.07, 6.45) is 1.68. The quantitative estimate of drug-likeness (QED) is 0.897. The molecular weight excluding hydrogens is 243 g/mol. The molecule has 0 amide bonds. The maximum Gasteiger partial charge on any atom is 0.142 e. The Morgan fingerprint density at radius 2 is 2.05 bits per heavy atom. The number of hydrogen-bond acceptors (Lipinski definition) is 3. The number of nitrogens with zero attached hydrogens (tertiary/aromatic N) is 1. The molecule has 1 N–H and O–H groups in total. The molecule has 0 bridgehead atoms. The van der Waals surface area contributed by atoms with Gasteiger partial charge in [-0.2, -0.15) is 0 Å². The molecular formula is C15H17FN2O. The van der Waals surface area contributed by atoms with Crippen LogP contribution in [0.5, 0.6) is 5.75 Å². The molecule has 1 aromatic heterocycles. The summed E-state index contributed by atoms with van der Waals surface area (Å²) >= 11 is 0. The van der Waals surface area contributed by atoms with E-state index in [9.17, 15) is 4.39 Å². The van der Waals surface area contributed by atoms with Gasteiger partial charge in [-0.3, -0.25) is 4.98 Å². The Hall–Kier alpha value is -1.94. The number of nitrogens with one attached hydrogen (secondary N) is 1. The zero-order chi connectivity index (χ0) is 13.7. The standard InChI is InChI=1S/C15H17FN2O/c1-3-17-14(11-7-4-5-8-12(11)16)15-13(19-2)9-6-10-18-15/h4-10,14,17H,3H2,1-2H3. The van der Waals surface area contributed by atoms with E-state index in [-0.39, 0.29) is 11.9 Å². The van der Waals surface area contributed by atoms with Gasteiger partial charge in [-0.25, -0.2) is 4.39 Å². The Bertz CT molecular complexity index is 545. The zero-order valence-electron chi connectivity index (χ0n) is 11.1. The third kappa shape index (κ3) is 2.90. The molecule has 0 aliphatic heterocycles. The van der Waals surface area contributed by atoms with Crippen LogP contribution in [0.15, 0.2) is 42.6 Å². The predicted molar refractivity (Wildman–Crippen MR) is 72.7 cm³/mol. The number of aromatic nitrogens is 1. The van der Waals surface area contributed by atoms with Crippen LogP contribution in [0.3, 0.4) is 0 Å². The predicted octanol–water partition coefficient (Wildman–Crippen LogP) is 2.93. The van der Waals surface area contributed by atoms with Crippen molar-refractivity contribution < 1.29 is 9.13 Å². The lowest BCUT2D eigenvalue weighted by atomic mass is 10.0. The van der Waals surface area contributed by atoms with E-state index in [2.05, 4.69) is 10.3 Å². The van der Waals surface area contributed by atoms with Gasteiger partial charge in [0.15, 0.2) is 0 Å². The molecule has 0 spiro atoms. The van der Waals surface area contributed by atoms with Gasteiger partial charge in [-0.1, -0.05) is 25.1 Å². The second kappa shape index (κ2) is 6.29. The van der Waals surface area contributed by atoms with Gasteiger partial charge in [0.2, 0.25) is 0 Å². The molecule has 19 heavy (non-hydrogen) atoms. The van der Waals surface area contributed by atoms with Gasteiger partial charge in [-0.15, -0.1) is 0 Å². The molecule has 1 heterocycles. The van der Waals surface area contributed by atoms with Gasteiger partial charge in [0, 0.05) is 11.8 Å². The Labute approximate surface area is 112 Å². The van der Waals surface area contributed by atoms with E-state index < -0.39 is 0 Å². The Morgan fingerprint density at radius 3 is 2.74 bits per heavy atom. The molecule has 0 saturated carbocycles. The van der Waals surface area contributed by atoms with Gasteiger partial charge in [0.25, 0.3) is 0 Å². The summed E-state index contributed by atoms with van der Waals surface area (Å²) < 4.78 is 19.3. The minimum Gasteiger partial charge on any atom is -0.495 e. The van der Waals surface area contributed by atoms with Crippen LogP contribution >= 0.6 is 0 Å². The van der Waals surface area contributed by atoms with Crippen molar-refractivity contribution in [2.75, 3.05) is 13.7 Å². The molecule has 1 unspecified atom stereocenters. The lowest BCUT2D eigenvalue weighted by Crippen LogP contribution is -2.24. The highest BCUT2D eigenvalue weighted by atomic mass is 19.1. The van der Waals surface area contributed by atoms with E-state index in [1.54, 1.807) is 31.5 Å². The first-order valence-electron chi connectivity index (χ1n) is 6.24. The highest BCUT2D eigenvalue weighted by Crippen LogP contribution is 2.29. The summed E-state index contributed by atoms with van der Waals surface area (Å²) in [5, 5.41) is 3.25. The molecule has 0 radical (unpaired) electrons. The highest BCUT2D eigenvalue weighted by Gasteiger charge is 2.21. The normalized spacial score (nSPS) is 12.2. The van der Waals surface area contributed by atoms with E-state index >= 15 is 0 Å². The minimum atomic E-state index is -0.317. The summed E-state index contributed by atoms with van der Waals surface area (Å²) in [6.45, 7) is 2.68. The van der Waals surface area contributed by atoms with Crippen molar-refractivity contribution >= 4 is 0 Å². The van der Waals surface area contributed by atoms with Crippen LogP contribution in [0.2, 0.25) is 0 Å². The highest BCUT2D eigenvalue weighted by molar-refractivity contribution is 5.37. The van der Waals surface area contributed by atoms with Crippen molar-refractivity contribution in [2.24, 2.45) is 0 Å². The average molecular weight is 260 g/mol. The number of rotatable bonds is 5. The maximum absolute atomic E-state index is 14.0. The second-order valence-electron chi connectivity index (χ2n) is 4.10. The van der Waals surface area contributed by atoms with Crippen LogP contribution in [-0.2, 0) is 0 Å². The molecule has 0 aliphatic rings. The summed E-state index contributed by atoms with van der Waals surface area (Å²) in [6, 6.07) is 10.0. The topological polar surface area (TPSA) is 34.2 Å². The average Bonchev–Trinajstić information content (AvgIpc) is 2.46. The van der Waals surface area contributed by atoms with Crippen LogP contribution in [0, 0.1) is 5.82 Å². The molecule has 0 aliphatic carbocycles. The number of ether oxygens (including phenoxy) is 1. The van der Waals surface area contributed by atoms with Crippen LogP contribution in [0.1, 0.15) is 24.2 Å². The molecule has 2 rings (SSSR count). The Morgan fingerprint density at radius 1 is 1.26 bits per heavy atom. The van der Waals surface area contributed by atoms with Gasteiger partial charge < -0.3 is 10.1 Å². The van der Waals surface area contributed by atoms with Gasteiger partial charge in [0.1, 0.15) is 17.3 Å². The molecule has 3 nitrogen and oxygen atoms in total. The molecule has 0 saturated heterocycles. The lowest BCUT2D eigenvalue weighted by Gasteiger charge is -2.20. The van der Waals surface area contributed by atoms with E-state index in [0.29, 0.717) is 23.6 Å². The van der Waals surface area contributed by atoms with Crippen LogP contribution in [-0.4, -0.2) is 18.6 Å². The SMILES string of the molecule is CCNC(c1ccccc1F)c1ncccc1OC. The fourth-order valence-corrected chi connectivity index (χ4v) is 2.06. The fourth-order valence-electron chi connectivity index (χ4n) is 2.06. The number of benzene rings is 1. The van der Waals surface area contributed by atoms with Crippen LogP contribution in [0.25, 0.3) is 0 Å². The van der Waals surface area contributed by atoms with Gasteiger partial charge in [-0.05, 0) is 24.7 Å². The third-order valence-corrected chi connectivity index (χ3v) is 2.92. The third-order valence-electron chi connectivity index (χ3n) is 2.92. The first-order chi connectivity index (χ1) is 9.27. The first kappa shape index (κ1) is 13.5. The maximum atomic E-state index is 14.0. The number of halogens is 1. The van der Waals surface area contributed by atoms with Crippen molar-refractivity contribution in [3.63, 3.8) is 0 Å². The van der Waals surface area contributed by atoms with E-state index in [4.69, 9.17) is 4.74 Å².